The van der Waals surface area contributed by atoms with Crippen LogP contribution in [-0.4, -0.2) is 66.5 Å². The van der Waals surface area contributed by atoms with E-state index >= 15 is 0 Å². The number of nitrogens with zero attached hydrogens (tertiary/aromatic N) is 2. The molecular weight excluding hydrogens is 280 g/mol. The van der Waals surface area contributed by atoms with E-state index in [1.54, 1.807) is 13.8 Å². The summed E-state index contributed by atoms with van der Waals surface area (Å²) in [6.07, 6.45) is 2.25. The molecular formula is C13H25ClN4O2. The minimum absolute atomic E-state index is 0. The van der Waals surface area contributed by atoms with Gasteiger partial charge in [0.25, 0.3) is 5.91 Å². The van der Waals surface area contributed by atoms with Crippen LogP contribution in [0.4, 0.5) is 4.79 Å². The number of piperidine rings is 1. The van der Waals surface area contributed by atoms with Crippen molar-refractivity contribution in [2.24, 2.45) is 0 Å². The molecule has 0 aliphatic carbocycles. The summed E-state index contributed by atoms with van der Waals surface area (Å²) in [6, 6.07) is 0.340. The number of carbonyl (C=O) groups excluding carboxylic acids is 2. The highest BCUT2D eigenvalue weighted by Gasteiger charge is 2.43. The van der Waals surface area contributed by atoms with Crippen LogP contribution in [0.15, 0.2) is 0 Å². The second-order valence-corrected chi connectivity index (χ2v) is 5.92. The number of carbonyl (C=O) groups is 2. The molecule has 2 N–H and O–H groups in total. The Bertz CT molecular complexity index is 367. The van der Waals surface area contributed by atoms with Gasteiger partial charge in [-0.15, -0.1) is 12.4 Å². The third-order valence-electron chi connectivity index (χ3n) is 4.08. The maximum Gasteiger partial charge on any atom is 0.325 e. The van der Waals surface area contributed by atoms with Crippen LogP contribution in [0.25, 0.3) is 0 Å². The molecule has 0 saturated carbocycles. The lowest BCUT2D eigenvalue weighted by Crippen LogP contribution is -2.45. The summed E-state index contributed by atoms with van der Waals surface area (Å²) in [4.78, 5) is 27.4. The number of hydrogen-bond acceptors (Lipinski definition) is 4. The number of rotatable bonds is 4. The van der Waals surface area contributed by atoms with E-state index in [4.69, 9.17) is 0 Å². The Hall–Kier alpha value is -0.850. The van der Waals surface area contributed by atoms with Crippen molar-refractivity contribution in [3.8, 4) is 0 Å². The average Bonchev–Trinajstić information content (AvgIpc) is 2.57. The van der Waals surface area contributed by atoms with Crippen molar-refractivity contribution >= 4 is 24.3 Å². The van der Waals surface area contributed by atoms with Gasteiger partial charge in [-0.25, -0.2) is 4.79 Å². The van der Waals surface area contributed by atoms with E-state index in [2.05, 4.69) is 15.5 Å². The third-order valence-corrected chi connectivity index (χ3v) is 4.08. The number of nitrogens with one attached hydrogen (secondary N) is 2. The highest BCUT2D eigenvalue weighted by atomic mass is 35.5. The summed E-state index contributed by atoms with van der Waals surface area (Å²) in [7, 11) is 2.00. The van der Waals surface area contributed by atoms with Crippen LogP contribution in [0.2, 0.25) is 0 Å². The molecule has 116 valence electrons. The number of halogens is 1. The summed E-state index contributed by atoms with van der Waals surface area (Å²) in [5.74, 6) is -0.123. The molecule has 0 bridgehead atoms. The Balaban J connectivity index is 0.00000200. The topological polar surface area (TPSA) is 64.7 Å². The molecule has 0 radical (unpaired) electrons. The molecule has 2 heterocycles. The fourth-order valence-electron chi connectivity index (χ4n) is 2.71. The highest BCUT2D eigenvalue weighted by Crippen LogP contribution is 2.17. The van der Waals surface area contributed by atoms with Crippen molar-refractivity contribution in [1.29, 1.82) is 0 Å². The first-order valence-electron chi connectivity index (χ1n) is 6.98. The normalized spacial score (nSPS) is 23.6. The number of likely N-dealkylation sites (tertiary alicyclic amines) is 1. The van der Waals surface area contributed by atoms with E-state index < -0.39 is 5.54 Å². The van der Waals surface area contributed by atoms with Crippen molar-refractivity contribution in [2.75, 3.05) is 33.2 Å². The average molecular weight is 305 g/mol. The Labute approximate surface area is 126 Å². The molecule has 2 saturated heterocycles. The summed E-state index contributed by atoms with van der Waals surface area (Å²) in [5.41, 5.74) is -0.754. The zero-order chi connectivity index (χ0) is 14.0. The first kappa shape index (κ1) is 17.2. The van der Waals surface area contributed by atoms with Gasteiger partial charge in [-0.05, 0) is 46.8 Å². The summed E-state index contributed by atoms with van der Waals surface area (Å²) in [6.45, 7) is 6.79. The maximum absolute atomic E-state index is 12.0. The molecule has 0 aromatic rings. The maximum atomic E-state index is 12.0. The molecule has 0 spiro atoms. The Kier molecular flexibility index (Phi) is 5.79. The van der Waals surface area contributed by atoms with E-state index in [1.165, 1.54) is 4.90 Å². The van der Waals surface area contributed by atoms with Crippen molar-refractivity contribution in [1.82, 2.24) is 20.4 Å². The lowest BCUT2D eigenvalue weighted by Gasteiger charge is -2.32. The quantitative estimate of drug-likeness (QED) is 0.739. The highest BCUT2D eigenvalue weighted by molar-refractivity contribution is 6.06. The van der Waals surface area contributed by atoms with E-state index in [0.29, 0.717) is 12.6 Å². The molecule has 2 fully saturated rings. The van der Waals surface area contributed by atoms with E-state index in [1.807, 2.05) is 7.05 Å². The van der Waals surface area contributed by atoms with Crippen LogP contribution in [-0.2, 0) is 4.79 Å². The second kappa shape index (κ2) is 6.74. The molecule has 0 unspecified atom stereocenters. The van der Waals surface area contributed by atoms with Crippen LogP contribution < -0.4 is 10.6 Å². The van der Waals surface area contributed by atoms with E-state index in [-0.39, 0.29) is 24.3 Å². The van der Waals surface area contributed by atoms with Gasteiger partial charge in [0, 0.05) is 19.1 Å². The predicted molar refractivity (Wildman–Crippen MR) is 80.1 cm³/mol. The number of amides is 3. The lowest BCUT2D eigenvalue weighted by molar-refractivity contribution is -0.130. The van der Waals surface area contributed by atoms with Crippen LogP contribution in [0.1, 0.15) is 26.7 Å². The van der Waals surface area contributed by atoms with Gasteiger partial charge < -0.3 is 15.5 Å². The molecule has 6 nitrogen and oxygen atoms in total. The van der Waals surface area contributed by atoms with Crippen LogP contribution in [0.5, 0.6) is 0 Å². The molecule has 2 aliphatic heterocycles. The fourth-order valence-corrected chi connectivity index (χ4v) is 2.71. The molecule has 0 aromatic heterocycles. The monoisotopic (exact) mass is 304 g/mol. The number of imide groups is 1. The minimum atomic E-state index is -0.754. The Morgan fingerprint density at radius 1 is 1.25 bits per heavy atom. The van der Waals surface area contributed by atoms with Gasteiger partial charge >= 0.3 is 6.03 Å². The molecule has 0 atom stereocenters. The second-order valence-electron chi connectivity index (χ2n) is 5.92. The van der Waals surface area contributed by atoms with Crippen LogP contribution in [0, 0.1) is 0 Å². The summed E-state index contributed by atoms with van der Waals surface area (Å²) < 4.78 is 0. The molecule has 2 aliphatic rings. The minimum Gasteiger partial charge on any atom is -0.324 e. The third kappa shape index (κ3) is 3.62. The smallest absolute Gasteiger partial charge is 0.324 e. The van der Waals surface area contributed by atoms with Gasteiger partial charge in [-0.2, -0.15) is 0 Å². The number of urea groups is 1. The predicted octanol–water partition coefficient (Wildman–Crippen LogP) is 0.422. The van der Waals surface area contributed by atoms with Crippen LogP contribution >= 0.6 is 12.4 Å². The van der Waals surface area contributed by atoms with E-state index in [0.717, 1.165) is 32.5 Å². The zero-order valence-electron chi connectivity index (χ0n) is 12.4. The lowest BCUT2D eigenvalue weighted by atomic mass is 10.1. The number of hydrogen-bond donors (Lipinski definition) is 2. The molecule has 0 aromatic carbocycles. The van der Waals surface area contributed by atoms with Gasteiger partial charge in [0.15, 0.2) is 0 Å². The van der Waals surface area contributed by atoms with Crippen LogP contribution in [0.3, 0.4) is 0 Å². The van der Waals surface area contributed by atoms with E-state index in [9.17, 15) is 9.59 Å². The molecule has 2 rings (SSSR count). The summed E-state index contributed by atoms with van der Waals surface area (Å²) >= 11 is 0. The van der Waals surface area contributed by atoms with Gasteiger partial charge in [0.2, 0.25) is 0 Å². The Morgan fingerprint density at radius 3 is 2.30 bits per heavy atom. The zero-order valence-corrected chi connectivity index (χ0v) is 13.3. The SMILES string of the molecule is CNC1CCN(CCN2C(=O)NC(C)(C)C2=O)CC1.Cl. The first-order chi connectivity index (χ1) is 8.94. The van der Waals surface area contributed by atoms with Gasteiger partial charge in [0.1, 0.15) is 5.54 Å². The van der Waals surface area contributed by atoms with Gasteiger partial charge in [-0.1, -0.05) is 0 Å². The molecule has 20 heavy (non-hydrogen) atoms. The standard InChI is InChI=1S/C13H24N4O2.ClH/c1-13(2)11(18)17(12(19)15-13)9-8-16-6-4-10(14-3)5-7-16;/h10,14H,4-9H2,1-3H3,(H,15,19);1H. The largest absolute Gasteiger partial charge is 0.325 e. The fraction of sp³-hybridized carbons (Fsp3) is 0.846. The van der Waals surface area contributed by atoms with Crippen molar-refractivity contribution in [2.45, 2.75) is 38.3 Å². The molecule has 3 amide bonds. The Morgan fingerprint density at radius 2 is 1.85 bits per heavy atom. The van der Waals surface area contributed by atoms with Crippen molar-refractivity contribution in [3.05, 3.63) is 0 Å². The van der Waals surface area contributed by atoms with Gasteiger partial charge in [0.05, 0.1) is 0 Å². The van der Waals surface area contributed by atoms with Crippen molar-refractivity contribution < 1.29 is 9.59 Å². The first-order valence-corrected chi connectivity index (χ1v) is 6.98. The van der Waals surface area contributed by atoms with Gasteiger partial charge in [-0.3, -0.25) is 9.69 Å². The van der Waals surface area contributed by atoms with Crippen molar-refractivity contribution in [3.63, 3.8) is 0 Å². The summed E-state index contributed by atoms with van der Waals surface area (Å²) in [5, 5.41) is 6.00. The molecule has 7 heteroatoms.